The van der Waals surface area contributed by atoms with Crippen molar-refractivity contribution in [1.82, 2.24) is 0 Å². The van der Waals surface area contributed by atoms with Crippen molar-refractivity contribution < 1.29 is 10.2 Å². The van der Waals surface area contributed by atoms with Gasteiger partial charge in [-0.05, 0) is 6.07 Å². The van der Waals surface area contributed by atoms with Gasteiger partial charge in [0, 0.05) is 6.07 Å². The number of ether oxygens (including phenoxy) is 1. The molecule has 3 heteroatoms. The first-order valence-electron chi connectivity index (χ1n) is 2.96. The van der Waals surface area contributed by atoms with Crippen molar-refractivity contribution in [2.45, 2.75) is 0 Å². The molecule has 1 rings (SSSR count). The molecule has 0 spiro atoms. The lowest BCUT2D eigenvalue weighted by Crippen LogP contribution is -2.70. The van der Waals surface area contributed by atoms with Gasteiger partial charge in [-0.2, -0.15) is 0 Å². The predicted molar refractivity (Wildman–Crippen MR) is 37.9 cm³/mol. The highest BCUT2D eigenvalue weighted by atomic mass is 16.5. The molecule has 1 aromatic rings. The van der Waals surface area contributed by atoms with Crippen LogP contribution < -0.4 is 10.2 Å². The van der Waals surface area contributed by atoms with Crippen LogP contribution in [0.25, 0.3) is 0 Å². The average molecular weight is 139 g/mol. The van der Waals surface area contributed by atoms with Crippen molar-refractivity contribution >= 4 is 5.69 Å². The lowest BCUT2D eigenvalue weighted by molar-refractivity contribution is -0.497. The molecule has 0 heterocycles. The Kier molecular flexibility index (Phi) is 2.25. The number of hydrogen-bond donors (Lipinski definition) is 1. The highest BCUT2D eigenvalue weighted by molar-refractivity contribution is 5.44. The fraction of sp³-hybridized carbons (Fsp3) is 0.143. The van der Waals surface area contributed by atoms with Crippen molar-refractivity contribution in [2.24, 2.45) is 0 Å². The number of para-hydroxylation sites is 1. The molecule has 0 aliphatic carbocycles. The molecule has 0 aliphatic rings. The average Bonchev–Trinajstić information content (AvgIpc) is 2.04. The number of methoxy groups -OCH3 is 1. The molecular weight excluding hydrogens is 130 g/mol. The van der Waals surface area contributed by atoms with Gasteiger partial charge in [0.05, 0.1) is 7.11 Å². The molecule has 0 radical (unpaired) electrons. The third-order valence-electron chi connectivity index (χ3n) is 1.27. The zero-order valence-electron chi connectivity index (χ0n) is 5.70. The maximum atomic E-state index is 10.3. The Morgan fingerprint density at radius 1 is 1.40 bits per heavy atom. The minimum absolute atomic E-state index is 0.588. The van der Waals surface area contributed by atoms with E-state index in [0.717, 1.165) is 5.48 Å². The Morgan fingerprint density at radius 3 is 2.60 bits per heavy atom. The zero-order valence-corrected chi connectivity index (χ0v) is 5.70. The van der Waals surface area contributed by atoms with Gasteiger partial charge in [-0.15, -0.1) is 0 Å². The third kappa shape index (κ3) is 1.26. The van der Waals surface area contributed by atoms with Gasteiger partial charge in [0.15, 0.2) is 11.4 Å². The number of rotatable bonds is 2. The Hall–Kier alpha value is -1.06. The molecule has 0 aromatic heterocycles. The fourth-order valence-corrected chi connectivity index (χ4v) is 0.764. The highest BCUT2D eigenvalue weighted by Gasteiger charge is 1.98. The summed E-state index contributed by atoms with van der Waals surface area (Å²) in [6.07, 6.45) is 0. The molecular formula is C7H9NO2. The number of benzene rings is 1. The van der Waals surface area contributed by atoms with E-state index in [9.17, 15) is 5.21 Å². The SMILES string of the molecule is COc1ccccc1[NH2+][O-]. The summed E-state index contributed by atoms with van der Waals surface area (Å²) in [6, 6.07) is 7.09. The summed E-state index contributed by atoms with van der Waals surface area (Å²) in [5, 5.41) is 10.3. The standard InChI is InChI=1S/C7H9NO2/c1-10-7-5-3-2-4-6(7)8-9/h2-5H,8H2,1H3. The van der Waals surface area contributed by atoms with Gasteiger partial charge in [0.2, 0.25) is 0 Å². The first kappa shape index (κ1) is 7.05. The molecule has 0 atom stereocenters. The summed E-state index contributed by atoms with van der Waals surface area (Å²) in [7, 11) is 1.54. The van der Waals surface area contributed by atoms with Crippen molar-refractivity contribution in [3.8, 4) is 5.75 Å². The van der Waals surface area contributed by atoms with Gasteiger partial charge in [0.25, 0.3) is 0 Å². The van der Waals surface area contributed by atoms with E-state index in [2.05, 4.69) is 0 Å². The van der Waals surface area contributed by atoms with Crippen LogP contribution in [0.15, 0.2) is 24.3 Å². The van der Waals surface area contributed by atoms with E-state index in [4.69, 9.17) is 4.74 Å². The molecule has 0 unspecified atom stereocenters. The van der Waals surface area contributed by atoms with Crippen molar-refractivity contribution in [1.29, 1.82) is 0 Å². The van der Waals surface area contributed by atoms with Crippen LogP contribution in [0.4, 0.5) is 5.69 Å². The van der Waals surface area contributed by atoms with Crippen LogP contribution >= 0.6 is 0 Å². The van der Waals surface area contributed by atoms with Crippen LogP contribution in [0, 0.1) is 5.21 Å². The summed E-state index contributed by atoms with van der Waals surface area (Å²) in [5.41, 5.74) is 1.36. The Balaban J connectivity index is 2.96. The number of quaternary nitrogens is 1. The van der Waals surface area contributed by atoms with Crippen LogP contribution in [-0.4, -0.2) is 7.11 Å². The Bertz CT molecular complexity index is 190. The fourth-order valence-electron chi connectivity index (χ4n) is 0.764. The van der Waals surface area contributed by atoms with E-state index >= 15 is 0 Å². The lowest BCUT2D eigenvalue weighted by Gasteiger charge is -2.05. The van der Waals surface area contributed by atoms with E-state index < -0.39 is 0 Å². The van der Waals surface area contributed by atoms with E-state index in [1.165, 1.54) is 0 Å². The van der Waals surface area contributed by atoms with Gasteiger partial charge in [-0.25, -0.2) is 0 Å². The van der Waals surface area contributed by atoms with E-state index in [0.29, 0.717) is 11.4 Å². The summed E-state index contributed by atoms with van der Waals surface area (Å²) in [4.78, 5) is 0. The Labute approximate surface area is 59.2 Å². The molecule has 0 aliphatic heterocycles. The summed E-state index contributed by atoms with van der Waals surface area (Å²) in [6.45, 7) is 0. The molecule has 0 amide bonds. The first-order chi connectivity index (χ1) is 4.88. The van der Waals surface area contributed by atoms with Crippen molar-refractivity contribution in [3.05, 3.63) is 29.5 Å². The predicted octanol–water partition coefficient (Wildman–Crippen LogP) is 0.388. The molecule has 10 heavy (non-hydrogen) atoms. The van der Waals surface area contributed by atoms with E-state index in [-0.39, 0.29) is 0 Å². The summed E-state index contributed by atoms with van der Waals surface area (Å²) < 4.78 is 4.90. The molecule has 0 fully saturated rings. The topological polar surface area (TPSA) is 48.9 Å². The van der Waals surface area contributed by atoms with Crippen LogP contribution in [0.1, 0.15) is 0 Å². The third-order valence-corrected chi connectivity index (χ3v) is 1.27. The monoisotopic (exact) mass is 139 g/mol. The van der Waals surface area contributed by atoms with Gasteiger partial charge in [-0.1, -0.05) is 12.1 Å². The summed E-state index contributed by atoms with van der Waals surface area (Å²) >= 11 is 0. The molecule has 0 saturated carbocycles. The van der Waals surface area contributed by atoms with E-state index in [1.807, 2.05) is 6.07 Å². The second-order valence-electron chi connectivity index (χ2n) is 1.86. The molecule has 54 valence electrons. The maximum Gasteiger partial charge on any atom is 0.179 e. The minimum atomic E-state index is 0.588. The normalized spacial score (nSPS) is 9.40. The van der Waals surface area contributed by atoms with Crippen LogP contribution in [0.3, 0.4) is 0 Å². The van der Waals surface area contributed by atoms with Crippen LogP contribution in [0.5, 0.6) is 5.75 Å². The van der Waals surface area contributed by atoms with Gasteiger partial charge >= 0.3 is 0 Å². The van der Waals surface area contributed by atoms with Gasteiger partial charge < -0.3 is 15.4 Å². The zero-order chi connectivity index (χ0) is 7.40. The second-order valence-corrected chi connectivity index (χ2v) is 1.86. The van der Waals surface area contributed by atoms with Gasteiger partial charge in [-0.3, -0.25) is 0 Å². The number of nitrogens with two attached hydrogens (primary N) is 1. The van der Waals surface area contributed by atoms with Crippen LogP contribution in [-0.2, 0) is 0 Å². The Morgan fingerprint density at radius 2 is 2.10 bits per heavy atom. The maximum absolute atomic E-state index is 10.3. The summed E-state index contributed by atoms with van der Waals surface area (Å²) in [5.74, 6) is 0.623. The molecule has 1 aromatic carbocycles. The van der Waals surface area contributed by atoms with E-state index in [1.54, 1.807) is 25.3 Å². The quantitative estimate of drug-likeness (QED) is 0.476. The van der Waals surface area contributed by atoms with Crippen LogP contribution in [0.2, 0.25) is 0 Å². The largest absolute Gasteiger partial charge is 0.630 e. The molecule has 0 bridgehead atoms. The second kappa shape index (κ2) is 3.20. The smallest absolute Gasteiger partial charge is 0.179 e. The first-order valence-corrected chi connectivity index (χ1v) is 2.96. The molecule has 0 saturated heterocycles. The highest BCUT2D eigenvalue weighted by Crippen LogP contribution is 2.17. The van der Waals surface area contributed by atoms with Crippen molar-refractivity contribution in [3.63, 3.8) is 0 Å². The number of hydrogen-bond acceptors (Lipinski definition) is 2. The lowest BCUT2D eigenvalue weighted by atomic mass is 10.3. The minimum Gasteiger partial charge on any atom is -0.630 e. The van der Waals surface area contributed by atoms with Crippen molar-refractivity contribution in [2.75, 3.05) is 7.11 Å². The molecule has 2 N–H and O–H groups in total. The molecule has 3 nitrogen and oxygen atoms in total. The van der Waals surface area contributed by atoms with Gasteiger partial charge in [0.1, 0.15) is 0 Å².